The van der Waals surface area contributed by atoms with Gasteiger partial charge in [-0.05, 0) is 68.1 Å². The Hall–Kier alpha value is -7.79. The van der Waals surface area contributed by atoms with Gasteiger partial charge in [0.05, 0.1) is 22.6 Å². The molecule has 4 heteroatoms. The van der Waals surface area contributed by atoms with Crippen molar-refractivity contribution in [3.05, 3.63) is 212 Å². The first-order chi connectivity index (χ1) is 30.2. The summed E-state index contributed by atoms with van der Waals surface area (Å²) in [4.78, 5) is 15.8. The van der Waals surface area contributed by atoms with Crippen LogP contribution in [0.25, 0.3) is 120 Å². The van der Waals surface area contributed by atoms with E-state index in [1.54, 1.807) is 0 Å². The third-order valence-corrected chi connectivity index (χ3v) is 13.1. The third-order valence-electron chi connectivity index (χ3n) is 11.9. The van der Waals surface area contributed by atoms with Crippen LogP contribution in [0.4, 0.5) is 0 Å². The fourth-order valence-electron chi connectivity index (χ4n) is 8.93. The maximum atomic E-state index is 5.59. The highest BCUT2D eigenvalue weighted by molar-refractivity contribution is 7.26. The Morgan fingerprint density at radius 2 is 0.885 bits per heavy atom. The van der Waals surface area contributed by atoms with Crippen LogP contribution in [0.1, 0.15) is 0 Å². The summed E-state index contributed by atoms with van der Waals surface area (Å²) in [6.07, 6.45) is 0. The Labute approximate surface area is 356 Å². The Kier molecular flexibility index (Phi) is 8.36. The molecule has 0 saturated heterocycles. The highest BCUT2D eigenvalue weighted by atomic mass is 32.1. The molecule has 3 nitrogen and oxygen atoms in total. The molecule has 3 heterocycles. The molecule has 0 radical (unpaired) electrons. The zero-order chi connectivity index (χ0) is 40.3. The number of benzene rings is 9. The molecule has 0 saturated carbocycles. The SMILES string of the molecule is c1ccc(-c2ccc(-c3cc(-c4ccc(-c5cccc6nc(-c7cc8ccccc8c8ccccc78)c7c8ccccc8sc7c56)cc4)nc(-c4ccccc4)n3)cc2)cc1. The van der Waals surface area contributed by atoms with E-state index in [4.69, 9.17) is 15.0 Å². The smallest absolute Gasteiger partial charge is 0.160 e. The Morgan fingerprint density at radius 3 is 1.61 bits per heavy atom. The van der Waals surface area contributed by atoms with E-state index in [1.165, 1.54) is 58.2 Å². The van der Waals surface area contributed by atoms with Gasteiger partial charge in [0.2, 0.25) is 0 Å². The molecule has 0 N–H and O–H groups in total. The summed E-state index contributed by atoms with van der Waals surface area (Å²) in [6, 6.07) is 75.4. The summed E-state index contributed by atoms with van der Waals surface area (Å²) in [5, 5.41) is 8.54. The van der Waals surface area contributed by atoms with E-state index in [9.17, 15) is 0 Å². The Balaban J connectivity index is 1.00. The summed E-state index contributed by atoms with van der Waals surface area (Å²) < 4.78 is 2.51. The van der Waals surface area contributed by atoms with Crippen LogP contribution in [0.3, 0.4) is 0 Å². The molecule has 284 valence electrons. The minimum Gasteiger partial charge on any atom is -0.247 e. The van der Waals surface area contributed by atoms with Crippen molar-refractivity contribution in [1.29, 1.82) is 0 Å². The fraction of sp³-hybridized carbons (Fsp3) is 0. The first-order valence-corrected chi connectivity index (χ1v) is 21.4. The molecule has 0 spiro atoms. The van der Waals surface area contributed by atoms with E-state index >= 15 is 0 Å². The van der Waals surface area contributed by atoms with Crippen LogP contribution in [-0.4, -0.2) is 15.0 Å². The third kappa shape index (κ3) is 6.07. The molecule has 0 bridgehead atoms. The molecule has 0 unspecified atom stereocenters. The van der Waals surface area contributed by atoms with Crippen molar-refractivity contribution in [3.63, 3.8) is 0 Å². The van der Waals surface area contributed by atoms with Crippen molar-refractivity contribution in [2.24, 2.45) is 0 Å². The van der Waals surface area contributed by atoms with Gasteiger partial charge in [-0.3, -0.25) is 0 Å². The average Bonchev–Trinajstić information content (AvgIpc) is 3.74. The van der Waals surface area contributed by atoms with E-state index in [0.717, 1.165) is 56.0 Å². The lowest BCUT2D eigenvalue weighted by Gasteiger charge is -2.15. The molecule has 3 aromatic heterocycles. The van der Waals surface area contributed by atoms with Gasteiger partial charge in [-0.15, -0.1) is 11.3 Å². The van der Waals surface area contributed by atoms with Crippen LogP contribution in [0, 0.1) is 0 Å². The van der Waals surface area contributed by atoms with Crippen LogP contribution in [0.15, 0.2) is 212 Å². The molecule has 0 amide bonds. The van der Waals surface area contributed by atoms with Crippen molar-refractivity contribution >= 4 is 64.0 Å². The Morgan fingerprint density at radius 1 is 0.328 bits per heavy atom. The van der Waals surface area contributed by atoms with E-state index in [0.29, 0.717) is 5.82 Å². The minimum absolute atomic E-state index is 0.701. The summed E-state index contributed by atoms with van der Waals surface area (Å²) in [5.41, 5.74) is 12.6. The minimum atomic E-state index is 0.701. The van der Waals surface area contributed by atoms with Crippen molar-refractivity contribution in [3.8, 4) is 67.4 Å². The Bertz CT molecular complexity index is 3610. The number of aromatic nitrogens is 3. The zero-order valence-electron chi connectivity index (χ0n) is 33.0. The number of pyridine rings is 1. The van der Waals surface area contributed by atoms with Gasteiger partial charge < -0.3 is 0 Å². The van der Waals surface area contributed by atoms with Crippen molar-refractivity contribution in [1.82, 2.24) is 15.0 Å². The normalized spacial score (nSPS) is 11.6. The topological polar surface area (TPSA) is 38.7 Å². The predicted octanol–water partition coefficient (Wildman–Crippen LogP) is 15.7. The molecule has 0 fully saturated rings. The van der Waals surface area contributed by atoms with Gasteiger partial charge >= 0.3 is 0 Å². The molecule has 0 atom stereocenters. The highest BCUT2D eigenvalue weighted by Crippen LogP contribution is 2.47. The molecular formula is C57H35N3S. The quantitative estimate of drug-likeness (QED) is 0.157. The van der Waals surface area contributed by atoms with Gasteiger partial charge in [0.15, 0.2) is 5.82 Å². The molecule has 12 rings (SSSR count). The lowest BCUT2D eigenvalue weighted by atomic mass is 9.92. The van der Waals surface area contributed by atoms with E-state index in [2.05, 4.69) is 188 Å². The second-order valence-corrected chi connectivity index (χ2v) is 16.6. The molecular weight excluding hydrogens is 759 g/mol. The van der Waals surface area contributed by atoms with Crippen LogP contribution >= 0.6 is 11.3 Å². The summed E-state index contributed by atoms with van der Waals surface area (Å²) in [7, 11) is 0. The fourth-order valence-corrected chi connectivity index (χ4v) is 10.2. The van der Waals surface area contributed by atoms with Crippen molar-refractivity contribution in [2.75, 3.05) is 0 Å². The molecule has 0 aliphatic heterocycles. The number of nitrogens with zero attached hydrogens (tertiary/aromatic N) is 3. The van der Waals surface area contributed by atoms with Crippen LogP contribution < -0.4 is 0 Å². The average molecular weight is 794 g/mol. The van der Waals surface area contributed by atoms with E-state index in [1.807, 2.05) is 35.6 Å². The number of fused-ring (bicyclic) bond motifs is 8. The maximum Gasteiger partial charge on any atom is 0.160 e. The summed E-state index contributed by atoms with van der Waals surface area (Å²) >= 11 is 1.86. The highest BCUT2D eigenvalue weighted by Gasteiger charge is 2.21. The van der Waals surface area contributed by atoms with Crippen LogP contribution in [0.5, 0.6) is 0 Å². The predicted molar refractivity (Wildman–Crippen MR) is 258 cm³/mol. The number of rotatable bonds is 6. The van der Waals surface area contributed by atoms with Crippen molar-refractivity contribution < 1.29 is 0 Å². The lowest BCUT2D eigenvalue weighted by molar-refractivity contribution is 1.18. The second-order valence-electron chi connectivity index (χ2n) is 15.5. The van der Waals surface area contributed by atoms with Crippen molar-refractivity contribution in [2.45, 2.75) is 0 Å². The summed E-state index contributed by atoms with van der Waals surface area (Å²) in [6.45, 7) is 0. The maximum absolute atomic E-state index is 5.59. The van der Waals surface area contributed by atoms with Gasteiger partial charge in [-0.1, -0.05) is 188 Å². The van der Waals surface area contributed by atoms with Gasteiger partial charge in [-0.25, -0.2) is 15.0 Å². The van der Waals surface area contributed by atoms with Crippen LogP contribution in [0.2, 0.25) is 0 Å². The van der Waals surface area contributed by atoms with Gasteiger partial charge in [-0.2, -0.15) is 0 Å². The standard InChI is InChI=1S/C57H35N3S/c1-3-14-36(15-4-1)37-26-30-39(31-27-37)50-35-51(60-57(59-50)41-16-5-2-6-17-41)40-32-28-38(29-33-40)44-23-13-24-49-53(44)56-54(47-22-11-12-25-52(47)61-56)55(58-49)48-34-42-18-7-8-19-43(42)45-20-9-10-21-46(45)48/h1-35H. The zero-order valence-corrected chi connectivity index (χ0v) is 33.8. The molecule has 12 aromatic rings. The number of thiophene rings is 1. The number of hydrogen-bond acceptors (Lipinski definition) is 4. The van der Waals surface area contributed by atoms with E-state index < -0.39 is 0 Å². The lowest BCUT2D eigenvalue weighted by Crippen LogP contribution is -1.96. The summed E-state index contributed by atoms with van der Waals surface area (Å²) in [5.74, 6) is 0.701. The molecule has 0 aliphatic rings. The van der Waals surface area contributed by atoms with Crippen LogP contribution in [-0.2, 0) is 0 Å². The number of hydrogen-bond donors (Lipinski definition) is 0. The molecule has 61 heavy (non-hydrogen) atoms. The van der Waals surface area contributed by atoms with Gasteiger partial charge in [0, 0.05) is 47.8 Å². The largest absolute Gasteiger partial charge is 0.247 e. The first-order valence-electron chi connectivity index (χ1n) is 20.6. The second kappa shape index (κ2) is 14.5. The molecule has 0 aliphatic carbocycles. The molecule has 9 aromatic carbocycles. The van der Waals surface area contributed by atoms with Gasteiger partial charge in [0.25, 0.3) is 0 Å². The first kappa shape index (κ1) is 35.2. The van der Waals surface area contributed by atoms with Gasteiger partial charge in [0.1, 0.15) is 0 Å². The monoisotopic (exact) mass is 793 g/mol. The van der Waals surface area contributed by atoms with E-state index in [-0.39, 0.29) is 0 Å².